The summed E-state index contributed by atoms with van der Waals surface area (Å²) in [6.45, 7) is 1.92. The molecule has 0 aliphatic heterocycles. The normalized spacial score (nSPS) is 13.7. The Hall–Kier alpha value is -1.91. The molecule has 0 aromatic heterocycles. The molecule has 0 bridgehead atoms. The fourth-order valence-corrected chi connectivity index (χ4v) is 2.29. The lowest BCUT2D eigenvalue weighted by molar-refractivity contribution is 0.235. The number of halogens is 1. The molecule has 0 amide bonds. The van der Waals surface area contributed by atoms with E-state index in [1.165, 1.54) is 13.2 Å². The minimum absolute atomic E-state index is 0.0208. The number of hydrogen-bond donors (Lipinski definition) is 2. The minimum Gasteiger partial charge on any atom is -0.494 e. The van der Waals surface area contributed by atoms with E-state index in [0.717, 1.165) is 11.1 Å². The van der Waals surface area contributed by atoms with Crippen LogP contribution in [0.2, 0.25) is 0 Å². The van der Waals surface area contributed by atoms with Crippen LogP contribution >= 0.6 is 0 Å². The third-order valence-corrected chi connectivity index (χ3v) is 3.51. The fourth-order valence-electron chi connectivity index (χ4n) is 2.29. The number of aliphatic hydroxyl groups excluding tert-OH is 1. The summed E-state index contributed by atoms with van der Waals surface area (Å²) in [5, 5.41) is 12.9. The predicted molar refractivity (Wildman–Crippen MR) is 80.8 cm³/mol. The van der Waals surface area contributed by atoms with Crippen molar-refractivity contribution >= 4 is 0 Å². The van der Waals surface area contributed by atoms with E-state index in [0.29, 0.717) is 0 Å². The summed E-state index contributed by atoms with van der Waals surface area (Å²) >= 11 is 0. The zero-order valence-electron chi connectivity index (χ0n) is 12.2. The topological polar surface area (TPSA) is 41.5 Å². The second-order valence-corrected chi connectivity index (χ2v) is 4.93. The quantitative estimate of drug-likeness (QED) is 0.858. The minimum atomic E-state index is -0.385. The van der Waals surface area contributed by atoms with Gasteiger partial charge in [0, 0.05) is 6.04 Å². The Bertz CT molecular complexity index is 574. The van der Waals surface area contributed by atoms with Crippen molar-refractivity contribution in [3.05, 3.63) is 65.5 Å². The molecule has 2 atom stereocenters. The van der Waals surface area contributed by atoms with Gasteiger partial charge in [0.05, 0.1) is 19.8 Å². The number of hydrogen-bond acceptors (Lipinski definition) is 3. The van der Waals surface area contributed by atoms with Crippen LogP contribution in [0.15, 0.2) is 48.5 Å². The number of nitrogens with one attached hydrogen (secondary N) is 1. The summed E-state index contributed by atoms with van der Waals surface area (Å²) in [5.41, 5.74) is 1.81. The average molecular weight is 289 g/mol. The van der Waals surface area contributed by atoms with Gasteiger partial charge in [-0.05, 0) is 30.2 Å². The van der Waals surface area contributed by atoms with Crippen LogP contribution in [0.5, 0.6) is 5.75 Å². The largest absolute Gasteiger partial charge is 0.494 e. The van der Waals surface area contributed by atoms with E-state index >= 15 is 0 Å². The molecule has 2 N–H and O–H groups in total. The number of aliphatic hydroxyl groups is 1. The summed E-state index contributed by atoms with van der Waals surface area (Å²) < 4.78 is 18.7. The van der Waals surface area contributed by atoms with Crippen LogP contribution in [0.1, 0.15) is 30.1 Å². The molecule has 0 aliphatic carbocycles. The Balaban J connectivity index is 2.12. The van der Waals surface area contributed by atoms with Crippen LogP contribution in [-0.2, 0) is 0 Å². The van der Waals surface area contributed by atoms with Crippen molar-refractivity contribution in [2.24, 2.45) is 0 Å². The van der Waals surface area contributed by atoms with Gasteiger partial charge in [-0.2, -0.15) is 0 Å². The van der Waals surface area contributed by atoms with E-state index in [1.54, 1.807) is 6.07 Å². The second-order valence-electron chi connectivity index (χ2n) is 4.93. The first-order valence-corrected chi connectivity index (χ1v) is 6.91. The lowest BCUT2D eigenvalue weighted by Crippen LogP contribution is -2.27. The summed E-state index contributed by atoms with van der Waals surface area (Å²) in [4.78, 5) is 0. The standard InChI is InChI=1S/C17H20FNO2/c1-12(14-8-9-17(21-2)15(18)10-14)19-16(11-20)13-6-4-3-5-7-13/h3-10,12,16,19-20H,11H2,1-2H3/t12?,16-/m1/s1. The third-order valence-electron chi connectivity index (χ3n) is 3.51. The van der Waals surface area contributed by atoms with Crippen LogP contribution in [-0.4, -0.2) is 18.8 Å². The van der Waals surface area contributed by atoms with Crippen LogP contribution in [0.25, 0.3) is 0 Å². The molecular weight excluding hydrogens is 269 g/mol. The van der Waals surface area contributed by atoms with Crippen molar-refractivity contribution < 1.29 is 14.2 Å². The van der Waals surface area contributed by atoms with Gasteiger partial charge in [0.25, 0.3) is 0 Å². The molecule has 112 valence electrons. The molecule has 0 heterocycles. The molecule has 1 unspecified atom stereocenters. The van der Waals surface area contributed by atoms with E-state index in [9.17, 15) is 9.50 Å². The third kappa shape index (κ3) is 3.80. The van der Waals surface area contributed by atoms with Gasteiger partial charge in [0.15, 0.2) is 11.6 Å². The van der Waals surface area contributed by atoms with Crippen molar-refractivity contribution in [1.82, 2.24) is 5.32 Å². The van der Waals surface area contributed by atoms with Gasteiger partial charge in [-0.25, -0.2) is 4.39 Å². The highest BCUT2D eigenvalue weighted by molar-refractivity contribution is 5.31. The van der Waals surface area contributed by atoms with Crippen molar-refractivity contribution in [3.63, 3.8) is 0 Å². The lowest BCUT2D eigenvalue weighted by atomic mass is 10.0. The van der Waals surface area contributed by atoms with Gasteiger partial charge in [-0.3, -0.25) is 0 Å². The molecule has 2 rings (SSSR count). The average Bonchev–Trinajstić information content (AvgIpc) is 2.53. The molecular formula is C17H20FNO2. The summed E-state index contributed by atoms with van der Waals surface area (Å²) in [5.74, 6) is -0.156. The van der Waals surface area contributed by atoms with Crippen molar-refractivity contribution in [1.29, 1.82) is 0 Å². The van der Waals surface area contributed by atoms with Gasteiger partial charge in [0.1, 0.15) is 0 Å². The molecule has 0 radical (unpaired) electrons. The SMILES string of the molecule is COc1ccc(C(C)N[C@H](CO)c2ccccc2)cc1F. The van der Waals surface area contributed by atoms with E-state index < -0.39 is 0 Å². The van der Waals surface area contributed by atoms with Crippen molar-refractivity contribution in [2.75, 3.05) is 13.7 Å². The molecule has 3 nitrogen and oxygen atoms in total. The second kappa shape index (κ2) is 7.20. The molecule has 2 aromatic rings. The van der Waals surface area contributed by atoms with E-state index in [4.69, 9.17) is 4.74 Å². The van der Waals surface area contributed by atoms with E-state index in [2.05, 4.69) is 5.32 Å². The van der Waals surface area contributed by atoms with Crippen LogP contribution in [0.3, 0.4) is 0 Å². The fraction of sp³-hybridized carbons (Fsp3) is 0.294. The number of methoxy groups -OCH3 is 1. The number of benzene rings is 2. The van der Waals surface area contributed by atoms with E-state index in [1.807, 2.05) is 43.3 Å². The molecule has 21 heavy (non-hydrogen) atoms. The molecule has 0 saturated heterocycles. The summed E-state index contributed by atoms with van der Waals surface area (Å²) in [7, 11) is 1.44. The zero-order chi connectivity index (χ0) is 15.2. The van der Waals surface area contributed by atoms with Crippen LogP contribution in [0, 0.1) is 5.82 Å². The monoisotopic (exact) mass is 289 g/mol. The Morgan fingerprint density at radius 3 is 2.43 bits per heavy atom. The maximum atomic E-state index is 13.8. The summed E-state index contributed by atoms with van der Waals surface area (Å²) in [6, 6.07) is 14.3. The van der Waals surface area contributed by atoms with E-state index in [-0.39, 0.29) is 30.3 Å². The Morgan fingerprint density at radius 2 is 1.86 bits per heavy atom. The van der Waals surface area contributed by atoms with Crippen LogP contribution < -0.4 is 10.1 Å². The first-order chi connectivity index (χ1) is 10.2. The lowest BCUT2D eigenvalue weighted by Gasteiger charge is -2.22. The van der Waals surface area contributed by atoms with Gasteiger partial charge in [-0.15, -0.1) is 0 Å². The first-order valence-electron chi connectivity index (χ1n) is 6.91. The predicted octanol–water partition coefficient (Wildman–Crippen LogP) is 3.22. The smallest absolute Gasteiger partial charge is 0.165 e. The summed E-state index contributed by atoms with van der Waals surface area (Å²) in [6.07, 6.45) is 0. The molecule has 0 fully saturated rings. The van der Waals surface area contributed by atoms with Crippen molar-refractivity contribution in [3.8, 4) is 5.75 Å². The molecule has 4 heteroatoms. The number of rotatable bonds is 6. The maximum absolute atomic E-state index is 13.8. The number of ether oxygens (including phenoxy) is 1. The first kappa shape index (κ1) is 15.5. The van der Waals surface area contributed by atoms with Gasteiger partial charge in [-0.1, -0.05) is 36.4 Å². The highest BCUT2D eigenvalue weighted by atomic mass is 19.1. The zero-order valence-corrected chi connectivity index (χ0v) is 12.2. The highest BCUT2D eigenvalue weighted by Crippen LogP contribution is 2.24. The van der Waals surface area contributed by atoms with Gasteiger partial charge >= 0.3 is 0 Å². The Labute approximate surface area is 124 Å². The molecule has 2 aromatic carbocycles. The highest BCUT2D eigenvalue weighted by Gasteiger charge is 2.15. The molecule has 0 saturated carbocycles. The van der Waals surface area contributed by atoms with Gasteiger partial charge < -0.3 is 15.2 Å². The molecule has 0 spiro atoms. The Morgan fingerprint density at radius 1 is 1.14 bits per heavy atom. The Kier molecular flexibility index (Phi) is 5.31. The van der Waals surface area contributed by atoms with Gasteiger partial charge in [0.2, 0.25) is 0 Å². The molecule has 0 aliphatic rings. The maximum Gasteiger partial charge on any atom is 0.165 e. The van der Waals surface area contributed by atoms with Crippen LogP contribution in [0.4, 0.5) is 4.39 Å². The van der Waals surface area contributed by atoms with Crippen molar-refractivity contribution in [2.45, 2.75) is 19.0 Å².